The van der Waals surface area contributed by atoms with Crippen molar-refractivity contribution in [3.63, 3.8) is 0 Å². The van der Waals surface area contributed by atoms with Gasteiger partial charge in [0.25, 0.3) is 0 Å². The van der Waals surface area contributed by atoms with E-state index in [0.717, 1.165) is 6.92 Å². The smallest absolute Gasteiger partial charge is 0.342 e. The summed E-state index contributed by atoms with van der Waals surface area (Å²) >= 11 is 0. The van der Waals surface area contributed by atoms with E-state index < -0.39 is 18.2 Å². The largest absolute Gasteiger partial charge is 0.479 e. The summed E-state index contributed by atoms with van der Waals surface area (Å²) in [4.78, 5) is 9.80. The van der Waals surface area contributed by atoms with Crippen LogP contribution in [0.5, 0.6) is 0 Å². The van der Waals surface area contributed by atoms with E-state index in [4.69, 9.17) is 10.8 Å². The minimum Gasteiger partial charge on any atom is -0.479 e. The highest BCUT2D eigenvalue weighted by atomic mass is 19.1. The van der Waals surface area contributed by atoms with Crippen molar-refractivity contribution in [2.75, 3.05) is 6.54 Å². The topological polar surface area (TPSA) is 63.3 Å². The Kier molecular flexibility index (Phi) is 1.92. The number of nitrogens with two attached hydrogens (primary N) is 1. The van der Waals surface area contributed by atoms with Gasteiger partial charge in [0.1, 0.15) is 0 Å². The summed E-state index contributed by atoms with van der Waals surface area (Å²) in [6, 6.07) is 0. The fourth-order valence-electron chi connectivity index (χ4n) is 0.0873. The molecule has 0 saturated carbocycles. The maximum atomic E-state index is 12.2. The van der Waals surface area contributed by atoms with E-state index >= 15 is 0 Å². The van der Waals surface area contributed by atoms with E-state index in [1.165, 1.54) is 0 Å². The lowest BCUT2D eigenvalue weighted by Crippen LogP contribution is -2.37. The average molecular weight is 121 g/mol. The zero-order valence-electron chi connectivity index (χ0n) is 4.52. The Hall–Kier alpha value is -0.640. The zero-order chi connectivity index (χ0) is 6.78. The Bertz CT molecular complexity index is 102. The molecule has 0 amide bonds. The number of hydrogen-bond acceptors (Lipinski definition) is 2. The minimum atomic E-state index is -2.26. The van der Waals surface area contributed by atoms with Gasteiger partial charge < -0.3 is 10.8 Å². The summed E-state index contributed by atoms with van der Waals surface area (Å²) < 4.78 is 12.2. The highest BCUT2D eigenvalue weighted by Gasteiger charge is 2.30. The van der Waals surface area contributed by atoms with Crippen LogP contribution in [-0.2, 0) is 4.79 Å². The number of hydrogen-bond donors (Lipinski definition) is 2. The molecular formula is C4H8FNO2. The number of carboxylic acid groups (broad SMARTS) is 1. The second-order valence-electron chi connectivity index (χ2n) is 1.71. The standard InChI is InChI=1S/C4H8FNO2/c1-4(5,2-6)3(7)8/h2,6H2,1H3,(H,7,8)/t4-/m1/s1. The number of aliphatic carboxylic acids is 1. The average Bonchev–Trinajstić information content (AvgIpc) is 1.67. The monoisotopic (exact) mass is 121 g/mol. The maximum absolute atomic E-state index is 12.2. The van der Waals surface area contributed by atoms with Crippen molar-refractivity contribution in [2.45, 2.75) is 12.6 Å². The van der Waals surface area contributed by atoms with Gasteiger partial charge in [-0.2, -0.15) is 0 Å². The molecule has 0 aliphatic carbocycles. The Morgan fingerprint density at radius 2 is 2.38 bits per heavy atom. The van der Waals surface area contributed by atoms with Crippen LogP contribution in [0.4, 0.5) is 4.39 Å². The molecule has 0 aliphatic rings. The molecule has 0 aromatic carbocycles. The number of carbonyl (C=O) groups is 1. The van der Waals surface area contributed by atoms with Crippen LogP contribution in [0.1, 0.15) is 6.92 Å². The Morgan fingerprint density at radius 3 is 2.38 bits per heavy atom. The summed E-state index contributed by atoms with van der Waals surface area (Å²) in [5, 5.41) is 7.99. The zero-order valence-corrected chi connectivity index (χ0v) is 4.52. The van der Waals surface area contributed by atoms with Gasteiger partial charge in [-0.05, 0) is 6.92 Å². The van der Waals surface area contributed by atoms with Crippen LogP contribution in [0.3, 0.4) is 0 Å². The number of carboxylic acids is 1. The molecule has 0 rings (SSSR count). The molecule has 0 radical (unpaired) electrons. The van der Waals surface area contributed by atoms with Gasteiger partial charge in [-0.3, -0.25) is 0 Å². The number of rotatable bonds is 2. The quantitative estimate of drug-likeness (QED) is 0.529. The first-order valence-electron chi connectivity index (χ1n) is 2.13. The highest BCUT2D eigenvalue weighted by Crippen LogP contribution is 2.05. The van der Waals surface area contributed by atoms with Gasteiger partial charge in [0.2, 0.25) is 5.67 Å². The first kappa shape index (κ1) is 7.36. The molecule has 1 atom stereocenters. The molecule has 0 fully saturated rings. The van der Waals surface area contributed by atoms with Crippen LogP contribution in [0.25, 0.3) is 0 Å². The van der Waals surface area contributed by atoms with E-state index in [1.807, 2.05) is 0 Å². The molecule has 8 heavy (non-hydrogen) atoms. The fourth-order valence-corrected chi connectivity index (χ4v) is 0.0873. The summed E-state index contributed by atoms with van der Waals surface area (Å²) in [6.07, 6.45) is 0. The molecular weight excluding hydrogens is 113 g/mol. The maximum Gasteiger partial charge on any atom is 0.342 e. The van der Waals surface area contributed by atoms with Gasteiger partial charge >= 0.3 is 5.97 Å². The Labute approximate surface area is 46.3 Å². The van der Waals surface area contributed by atoms with Gasteiger partial charge in [-0.1, -0.05) is 0 Å². The lowest BCUT2D eigenvalue weighted by molar-refractivity contribution is -0.148. The third-order valence-corrected chi connectivity index (χ3v) is 0.829. The normalized spacial score (nSPS) is 17.4. The van der Waals surface area contributed by atoms with Gasteiger partial charge in [0.15, 0.2) is 0 Å². The van der Waals surface area contributed by atoms with Crippen molar-refractivity contribution in [2.24, 2.45) is 5.73 Å². The summed E-state index contributed by atoms with van der Waals surface area (Å²) in [5.74, 6) is -1.51. The summed E-state index contributed by atoms with van der Waals surface area (Å²) in [7, 11) is 0. The first-order valence-corrected chi connectivity index (χ1v) is 2.13. The minimum absolute atomic E-state index is 0.484. The lowest BCUT2D eigenvalue weighted by atomic mass is 10.1. The van der Waals surface area contributed by atoms with Gasteiger partial charge in [0, 0.05) is 6.54 Å². The highest BCUT2D eigenvalue weighted by molar-refractivity contribution is 5.76. The van der Waals surface area contributed by atoms with E-state index in [-0.39, 0.29) is 0 Å². The third kappa shape index (κ3) is 1.46. The Morgan fingerprint density at radius 1 is 2.00 bits per heavy atom. The second-order valence-corrected chi connectivity index (χ2v) is 1.71. The molecule has 4 heteroatoms. The second kappa shape index (κ2) is 2.09. The van der Waals surface area contributed by atoms with E-state index in [1.54, 1.807) is 0 Å². The third-order valence-electron chi connectivity index (χ3n) is 0.829. The lowest BCUT2D eigenvalue weighted by Gasteiger charge is -2.09. The van der Waals surface area contributed by atoms with Gasteiger partial charge in [-0.15, -0.1) is 0 Å². The first-order chi connectivity index (χ1) is 3.50. The molecule has 3 N–H and O–H groups in total. The SMILES string of the molecule is C[C@@](F)(CN)C(=O)O. The molecule has 0 spiro atoms. The van der Waals surface area contributed by atoms with Crippen LogP contribution in [-0.4, -0.2) is 23.3 Å². The van der Waals surface area contributed by atoms with Crippen LogP contribution in [0.2, 0.25) is 0 Å². The summed E-state index contributed by atoms with van der Waals surface area (Å²) in [6.45, 7) is 0.442. The number of halogens is 1. The van der Waals surface area contributed by atoms with Crippen LogP contribution in [0, 0.1) is 0 Å². The summed E-state index contributed by atoms with van der Waals surface area (Å²) in [5.41, 5.74) is 2.49. The van der Waals surface area contributed by atoms with Crippen molar-refractivity contribution >= 4 is 5.97 Å². The molecule has 0 unspecified atom stereocenters. The van der Waals surface area contributed by atoms with Gasteiger partial charge in [-0.25, -0.2) is 9.18 Å². The molecule has 0 heterocycles. The molecule has 48 valence electrons. The predicted octanol–water partition coefficient (Wildman–Crippen LogP) is -0.242. The van der Waals surface area contributed by atoms with Crippen LogP contribution in [0.15, 0.2) is 0 Å². The van der Waals surface area contributed by atoms with Crippen molar-refractivity contribution in [1.82, 2.24) is 0 Å². The number of alkyl halides is 1. The van der Waals surface area contributed by atoms with E-state index in [0.29, 0.717) is 0 Å². The van der Waals surface area contributed by atoms with Crippen molar-refractivity contribution in [3.05, 3.63) is 0 Å². The molecule has 0 aromatic heterocycles. The fraction of sp³-hybridized carbons (Fsp3) is 0.750. The van der Waals surface area contributed by atoms with Crippen LogP contribution >= 0.6 is 0 Å². The van der Waals surface area contributed by atoms with Gasteiger partial charge in [0.05, 0.1) is 0 Å². The molecule has 0 aliphatic heterocycles. The molecule has 0 bridgehead atoms. The molecule has 0 aromatic rings. The van der Waals surface area contributed by atoms with E-state index in [9.17, 15) is 9.18 Å². The van der Waals surface area contributed by atoms with E-state index in [2.05, 4.69) is 0 Å². The van der Waals surface area contributed by atoms with Crippen molar-refractivity contribution < 1.29 is 14.3 Å². The van der Waals surface area contributed by atoms with Crippen molar-refractivity contribution in [3.8, 4) is 0 Å². The molecule has 0 saturated heterocycles. The predicted molar refractivity (Wildman–Crippen MR) is 26.2 cm³/mol. The molecule has 3 nitrogen and oxygen atoms in total. The van der Waals surface area contributed by atoms with Crippen molar-refractivity contribution in [1.29, 1.82) is 0 Å². The van der Waals surface area contributed by atoms with Crippen LogP contribution < -0.4 is 5.73 Å². The Balaban J connectivity index is 3.91.